The predicted molar refractivity (Wildman–Crippen MR) is 219 cm³/mol. The molecule has 56 heavy (non-hydrogen) atoms. The van der Waals surface area contributed by atoms with Crippen LogP contribution in [0, 0.1) is 5.92 Å². The SMILES string of the molecule is CN[C@@H](C(=O)N1CCC[C@H]1C(=O)Cc1ccc2[nH]c(-c3ccc(CC(=O)[C@@H]4CCCN4C(=O)[C@H]4CCN(Cc5ccccc5)C4)cc3)cc2c1)c1ccccc1. The number of nitrogens with one attached hydrogen (secondary N) is 2. The Hall–Kier alpha value is -5.38. The number of H-pyrrole nitrogens is 1. The summed E-state index contributed by atoms with van der Waals surface area (Å²) < 4.78 is 0. The minimum absolute atomic E-state index is 0.0517. The number of amides is 2. The summed E-state index contributed by atoms with van der Waals surface area (Å²) in [6, 6.07) is 35.0. The van der Waals surface area contributed by atoms with Crippen LogP contribution in [-0.4, -0.2) is 88.4 Å². The van der Waals surface area contributed by atoms with Gasteiger partial charge in [0.2, 0.25) is 11.8 Å². The molecule has 5 aromatic rings. The Morgan fingerprint density at radius 1 is 0.696 bits per heavy atom. The molecule has 8 rings (SSSR count). The highest BCUT2D eigenvalue weighted by Gasteiger charge is 2.39. The zero-order valence-electron chi connectivity index (χ0n) is 32.2. The van der Waals surface area contributed by atoms with Gasteiger partial charge in [-0.3, -0.25) is 24.1 Å². The number of nitrogens with zero attached hydrogens (tertiary/aromatic N) is 3. The van der Waals surface area contributed by atoms with E-state index in [1.54, 1.807) is 11.9 Å². The van der Waals surface area contributed by atoms with Crippen molar-refractivity contribution < 1.29 is 19.2 Å². The van der Waals surface area contributed by atoms with Gasteiger partial charge in [0, 0.05) is 55.6 Å². The smallest absolute Gasteiger partial charge is 0.244 e. The largest absolute Gasteiger partial charge is 0.355 e. The molecule has 0 saturated carbocycles. The molecule has 1 aromatic heterocycles. The lowest BCUT2D eigenvalue weighted by Crippen LogP contribution is -2.46. The van der Waals surface area contributed by atoms with Gasteiger partial charge in [0.1, 0.15) is 6.04 Å². The zero-order chi connectivity index (χ0) is 38.6. The number of aromatic nitrogens is 1. The van der Waals surface area contributed by atoms with Crippen molar-refractivity contribution in [2.24, 2.45) is 5.92 Å². The second kappa shape index (κ2) is 16.8. The number of hydrogen-bond acceptors (Lipinski definition) is 6. The molecule has 2 N–H and O–H groups in total. The van der Waals surface area contributed by atoms with Crippen molar-refractivity contribution >= 4 is 34.3 Å². The lowest BCUT2D eigenvalue weighted by atomic mass is 9.99. The number of Topliss-reactive ketones (excluding diaryl/α,β-unsaturated/α-hetero) is 2. The van der Waals surface area contributed by atoms with E-state index in [1.165, 1.54) is 5.56 Å². The Morgan fingerprint density at radius 3 is 2.05 bits per heavy atom. The molecule has 9 nitrogen and oxygen atoms in total. The van der Waals surface area contributed by atoms with Gasteiger partial charge in [-0.1, -0.05) is 91.0 Å². The van der Waals surface area contributed by atoms with E-state index in [4.69, 9.17) is 0 Å². The van der Waals surface area contributed by atoms with Gasteiger partial charge in [-0.05, 0) is 91.7 Å². The molecular weight excluding hydrogens is 699 g/mol. The molecule has 2 amide bonds. The second-order valence-corrected chi connectivity index (χ2v) is 15.8. The molecule has 3 aliphatic rings. The lowest BCUT2D eigenvalue weighted by molar-refractivity contribution is -0.140. The molecule has 4 heterocycles. The summed E-state index contributed by atoms with van der Waals surface area (Å²) in [6.45, 7) is 3.73. The number of ketones is 2. The van der Waals surface area contributed by atoms with E-state index in [9.17, 15) is 19.2 Å². The Balaban J connectivity index is 0.868. The third kappa shape index (κ3) is 8.11. The zero-order valence-corrected chi connectivity index (χ0v) is 32.2. The summed E-state index contributed by atoms with van der Waals surface area (Å²) in [5, 5.41) is 4.16. The molecule has 0 radical (unpaired) electrons. The fourth-order valence-corrected chi connectivity index (χ4v) is 9.12. The third-order valence-electron chi connectivity index (χ3n) is 12.1. The van der Waals surface area contributed by atoms with Crippen LogP contribution >= 0.6 is 0 Å². The van der Waals surface area contributed by atoms with Gasteiger partial charge in [0.05, 0.1) is 18.0 Å². The summed E-state index contributed by atoms with van der Waals surface area (Å²) in [5.41, 5.74) is 6.95. The maximum atomic E-state index is 13.6. The molecule has 0 spiro atoms. The van der Waals surface area contributed by atoms with Gasteiger partial charge >= 0.3 is 0 Å². The number of benzene rings is 4. The van der Waals surface area contributed by atoms with Gasteiger partial charge in [0.25, 0.3) is 0 Å². The van der Waals surface area contributed by atoms with Crippen LogP contribution in [0.4, 0.5) is 0 Å². The first-order valence-electron chi connectivity index (χ1n) is 20.2. The molecule has 4 aromatic carbocycles. The summed E-state index contributed by atoms with van der Waals surface area (Å²) in [6.07, 6.45) is 4.49. The second-order valence-electron chi connectivity index (χ2n) is 15.8. The predicted octanol–water partition coefficient (Wildman–Crippen LogP) is 6.52. The van der Waals surface area contributed by atoms with Crippen LogP contribution in [0.25, 0.3) is 22.2 Å². The number of aromatic amines is 1. The Morgan fingerprint density at radius 2 is 1.34 bits per heavy atom. The van der Waals surface area contributed by atoms with Crippen molar-refractivity contribution in [1.82, 2.24) is 25.0 Å². The summed E-state index contributed by atoms with van der Waals surface area (Å²) >= 11 is 0. The van der Waals surface area contributed by atoms with Crippen molar-refractivity contribution in [3.63, 3.8) is 0 Å². The van der Waals surface area contributed by atoms with Gasteiger partial charge in [-0.2, -0.15) is 0 Å². The molecule has 3 fully saturated rings. The van der Waals surface area contributed by atoms with Crippen molar-refractivity contribution in [2.75, 3.05) is 33.2 Å². The number of likely N-dealkylation sites (tertiary alicyclic amines) is 3. The van der Waals surface area contributed by atoms with Gasteiger partial charge in [-0.15, -0.1) is 0 Å². The highest BCUT2D eigenvalue weighted by atomic mass is 16.2. The quantitative estimate of drug-likeness (QED) is 0.142. The molecular formula is C47H51N5O4. The maximum Gasteiger partial charge on any atom is 0.244 e. The number of carbonyl (C=O) groups excluding carboxylic acids is 4. The van der Waals surface area contributed by atoms with Gasteiger partial charge in [0.15, 0.2) is 11.6 Å². The molecule has 9 heteroatoms. The number of fused-ring (bicyclic) bond motifs is 1. The van der Waals surface area contributed by atoms with E-state index >= 15 is 0 Å². The first kappa shape index (κ1) is 37.5. The standard InChI is InChI=1S/C47H51N5O4/c1-48-45(36-12-6-3-7-13-36)47(56)52-24-9-15-42(52)44(54)28-34-18-21-39-38(26-34)29-40(49-39)35-19-16-32(17-20-35)27-43(53)41-14-8-23-51(41)46(55)37-22-25-50(31-37)30-33-10-4-2-5-11-33/h2-7,10-13,16-21,26,29,37,41-42,45,48-49H,8-9,14-15,22-25,27-28,30-31H2,1H3/t37-,41-,42-,45+/m0/s1. The summed E-state index contributed by atoms with van der Waals surface area (Å²) in [5.74, 6) is 0.197. The minimum Gasteiger partial charge on any atom is -0.355 e. The van der Waals surface area contributed by atoms with Crippen molar-refractivity contribution in [2.45, 2.75) is 69.6 Å². The van der Waals surface area contributed by atoms with Crippen LogP contribution in [0.3, 0.4) is 0 Å². The van der Waals surface area contributed by atoms with E-state index in [0.29, 0.717) is 25.9 Å². The molecule has 3 saturated heterocycles. The first-order chi connectivity index (χ1) is 27.3. The number of carbonyl (C=O) groups is 4. The average molecular weight is 750 g/mol. The minimum atomic E-state index is -0.485. The first-order valence-corrected chi connectivity index (χ1v) is 20.2. The number of likely N-dealkylation sites (N-methyl/N-ethyl adjacent to an activating group) is 1. The Labute approximate surface area is 329 Å². The van der Waals surface area contributed by atoms with Gasteiger partial charge in [-0.25, -0.2) is 0 Å². The highest BCUT2D eigenvalue weighted by molar-refractivity contribution is 5.94. The van der Waals surface area contributed by atoms with Crippen LogP contribution in [-0.2, 0) is 38.6 Å². The topological polar surface area (TPSA) is 106 Å². The van der Waals surface area contributed by atoms with E-state index in [1.807, 2.05) is 77.7 Å². The normalized spacial score (nSPS) is 20.5. The number of hydrogen-bond donors (Lipinski definition) is 2. The summed E-state index contributed by atoms with van der Waals surface area (Å²) in [4.78, 5) is 64.0. The third-order valence-corrected chi connectivity index (χ3v) is 12.1. The Kier molecular flexibility index (Phi) is 11.2. The van der Waals surface area contributed by atoms with Crippen molar-refractivity contribution in [3.05, 3.63) is 131 Å². The molecule has 0 aliphatic carbocycles. The fourth-order valence-electron chi connectivity index (χ4n) is 9.12. The van der Waals surface area contributed by atoms with Crippen LogP contribution in [0.1, 0.15) is 60.4 Å². The van der Waals surface area contributed by atoms with Crippen LogP contribution in [0.5, 0.6) is 0 Å². The lowest BCUT2D eigenvalue weighted by Gasteiger charge is -2.28. The van der Waals surface area contributed by atoms with Crippen LogP contribution in [0.15, 0.2) is 109 Å². The summed E-state index contributed by atoms with van der Waals surface area (Å²) in [7, 11) is 1.78. The van der Waals surface area contributed by atoms with Crippen LogP contribution in [0.2, 0.25) is 0 Å². The fraction of sp³-hybridized carbons (Fsp3) is 0.362. The van der Waals surface area contributed by atoms with Crippen LogP contribution < -0.4 is 5.32 Å². The molecule has 4 atom stereocenters. The highest BCUT2D eigenvalue weighted by Crippen LogP contribution is 2.30. The monoisotopic (exact) mass is 749 g/mol. The number of rotatable bonds is 13. The average Bonchev–Trinajstić information content (AvgIpc) is 4.06. The molecule has 3 aliphatic heterocycles. The van der Waals surface area contributed by atoms with E-state index in [-0.39, 0.29) is 41.8 Å². The van der Waals surface area contributed by atoms with Crippen molar-refractivity contribution in [1.29, 1.82) is 0 Å². The van der Waals surface area contributed by atoms with E-state index < -0.39 is 12.1 Å². The van der Waals surface area contributed by atoms with Gasteiger partial charge < -0.3 is 20.1 Å². The van der Waals surface area contributed by atoms with Crippen molar-refractivity contribution in [3.8, 4) is 11.3 Å². The van der Waals surface area contributed by atoms with E-state index in [2.05, 4.69) is 51.6 Å². The molecule has 288 valence electrons. The Bertz CT molecular complexity index is 2180. The molecule has 0 unspecified atom stereocenters. The van der Waals surface area contributed by atoms with E-state index in [0.717, 1.165) is 84.2 Å². The maximum absolute atomic E-state index is 13.6. The molecule has 0 bridgehead atoms.